The number of halogens is 4. The minimum Gasteiger partial charge on any atom is -0.374 e. The lowest BCUT2D eigenvalue weighted by Gasteiger charge is -2.35. The Balaban J connectivity index is 1.76. The lowest BCUT2D eigenvalue weighted by molar-refractivity contribution is -0.143. The number of nitrogens with zero attached hydrogens (tertiary/aromatic N) is 5. The smallest absolute Gasteiger partial charge is 0.374 e. The van der Waals surface area contributed by atoms with Gasteiger partial charge < -0.3 is 15.1 Å². The molecular weight excluding hydrogens is 380 g/mol. The normalized spacial score (nSPS) is 15.1. The number of allylic oxidation sites excluding steroid dienone is 1. The van der Waals surface area contributed by atoms with E-state index in [1.807, 2.05) is 9.80 Å². The summed E-state index contributed by atoms with van der Waals surface area (Å²) in [5, 5.41) is 2.78. The number of carbonyl (C=O) groups excluding carboxylic acids is 1. The van der Waals surface area contributed by atoms with E-state index in [9.17, 15) is 22.4 Å². The summed E-state index contributed by atoms with van der Waals surface area (Å²) in [4.78, 5) is 25.9. The fourth-order valence-corrected chi connectivity index (χ4v) is 2.74. The van der Waals surface area contributed by atoms with E-state index in [1.54, 1.807) is 6.20 Å². The van der Waals surface area contributed by atoms with Gasteiger partial charge in [-0.2, -0.15) is 13.2 Å². The molecule has 0 aliphatic carbocycles. The van der Waals surface area contributed by atoms with Gasteiger partial charge in [-0.05, 0) is 6.08 Å². The van der Waals surface area contributed by atoms with Crippen molar-refractivity contribution in [2.24, 2.45) is 0 Å². The van der Waals surface area contributed by atoms with Gasteiger partial charge in [0, 0.05) is 50.8 Å². The highest BCUT2D eigenvalue weighted by atomic mass is 19.4. The molecule has 3 rings (SSSR count). The van der Waals surface area contributed by atoms with Crippen LogP contribution in [-0.4, -0.2) is 52.3 Å². The highest BCUT2D eigenvalue weighted by Crippen LogP contribution is 2.31. The molecule has 3 heterocycles. The van der Waals surface area contributed by atoms with E-state index in [0.29, 0.717) is 38.3 Å². The molecule has 0 atom stereocenters. The molecule has 0 aromatic carbocycles. The average Bonchev–Trinajstić information content (AvgIpc) is 2.66. The molecular formula is C17H16F4N6O. The molecule has 0 radical (unpaired) electrons. The van der Waals surface area contributed by atoms with Gasteiger partial charge in [-0.15, -0.1) is 0 Å². The number of aldehydes is 1. The summed E-state index contributed by atoms with van der Waals surface area (Å²) in [6.45, 7) is 2.49. The average molecular weight is 396 g/mol. The van der Waals surface area contributed by atoms with Crippen molar-refractivity contribution in [1.82, 2.24) is 19.9 Å². The van der Waals surface area contributed by atoms with Crippen molar-refractivity contribution in [2.45, 2.75) is 6.18 Å². The Kier molecular flexibility index (Phi) is 5.71. The van der Waals surface area contributed by atoms with E-state index in [1.165, 1.54) is 18.5 Å². The van der Waals surface area contributed by atoms with E-state index in [-0.39, 0.29) is 11.5 Å². The van der Waals surface area contributed by atoms with Gasteiger partial charge in [0.05, 0.1) is 11.9 Å². The number of aromatic nitrogens is 3. The van der Waals surface area contributed by atoms with Gasteiger partial charge in [0.1, 0.15) is 6.29 Å². The highest BCUT2D eigenvalue weighted by Gasteiger charge is 2.36. The summed E-state index contributed by atoms with van der Waals surface area (Å²) in [7, 11) is 0. The maximum absolute atomic E-state index is 13.7. The largest absolute Gasteiger partial charge is 0.436 e. The maximum Gasteiger partial charge on any atom is 0.436 e. The number of hydrogen-bond donors (Lipinski definition) is 1. The standard InChI is InChI=1S/C17H16F4N6O/c18-13-10-12(11-24-14(13)17(19,20)21)25-15-16(23-3-2-22-15)27-7-5-26(6-8-27)4-1-9-28/h1-4,9-11H,5-8H2,(H,22,25). The summed E-state index contributed by atoms with van der Waals surface area (Å²) in [5.74, 6) is -0.708. The van der Waals surface area contributed by atoms with Crippen LogP contribution >= 0.6 is 0 Å². The molecule has 2 aromatic heterocycles. The Morgan fingerprint density at radius 3 is 2.43 bits per heavy atom. The number of hydrogen-bond acceptors (Lipinski definition) is 7. The highest BCUT2D eigenvalue weighted by molar-refractivity contribution is 5.68. The molecule has 1 aliphatic heterocycles. The zero-order chi connectivity index (χ0) is 20.1. The van der Waals surface area contributed by atoms with Crippen molar-refractivity contribution in [3.05, 3.63) is 48.4 Å². The minimum absolute atomic E-state index is 0.0276. The Morgan fingerprint density at radius 2 is 1.79 bits per heavy atom. The lowest BCUT2D eigenvalue weighted by atomic mass is 10.3. The molecule has 0 bridgehead atoms. The molecule has 7 nitrogen and oxygen atoms in total. The molecule has 28 heavy (non-hydrogen) atoms. The molecule has 0 spiro atoms. The van der Waals surface area contributed by atoms with E-state index in [2.05, 4.69) is 20.3 Å². The van der Waals surface area contributed by atoms with Crippen LogP contribution in [0.1, 0.15) is 5.69 Å². The van der Waals surface area contributed by atoms with Gasteiger partial charge in [-0.25, -0.2) is 19.3 Å². The third-order valence-electron chi connectivity index (χ3n) is 4.04. The monoisotopic (exact) mass is 396 g/mol. The SMILES string of the molecule is O=CC=CN1CCN(c2nccnc2Nc2cnc(C(F)(F)F)c(F)c2)CC1. The van der Waals surface area contributed by atoms with E-state index < -0.39 is 17.7 Å². The van der Waals surface area contributed by atoms with E-state index >= 15 is 0 Å². The van der Waals surface area contributed by atoms with Gasteiger partial charge >= 0.3 is 6.18 Å². The summed E-state index contributed by atoms with van der Waals surface area (Å²) < 4.78 is 51.7. The third kappa shape index (κ3) is 4.53. The zero-order valence-corrected chi connectivity index (χ0v) is 14.5. The predicted molar refractivity (Wildman–Crippen MR) is 93.5 cm³/mol. The third-order valence-corrected chi connectivity index (χ3v) is 4.04. The van der Waals surface area contributed by atoms with Crippen molar-refractivity contribution in [1.29, 1.82) is 0 Å². The van der Waals surface area contributed by atoms with Crippen molar-refractivity contribution in [2.75, 3.05) is 36.4 Å². The van der Waals surface area contributed by atoms with Crippen LogP contribution in [0.5, 0.6) is 0 Å². The number of alkyl halides is 3. The van der Waals surface area contributed by atoms with E-state index in [4.69, 9.17) is 0 Å². The van der Waals surface area contributed by atoms with Gasteiger partial charge in [-0.1, -0.05) is 0 Å². The molecule has 0 saturated carbocycles. The van der Waals surface area contributed by atoms with Crippen LogP contribution in [0.15, 0.2) is 36.9 Å². The maximum atomic E-state index is 13.7. The number of pyridine rings is 1. The summed E-state index contributed by atoms with van der Waals surface area (Å²) >= 11 is 0. The second kappa shape index (κ2) is 8.19. The minimum atomic E-state index is -4.86. The van der Waals surface area contributed by atoms with Gasteiger partial charge in [0.2, 0.25) is 0 Å². The number of rotatable bonds is 5. The van der Waals surface area contributed by atoms with Crippen LogP contribution < -0.4 is 10.2 Å². The second-order valence-corrected chi connectivity index (χ2v) is 5.91. The fraction of sp³-hybridized carbons (Fsp3) is 0.294. The first-order valence-electron chi connectivity index (χ1n) is 8.30. The van der Waals surface area contributed by atoms with Crippen LogP contribution in [0.25, 0.3) is 0 Å². The summed E-state index contributed by atoms with van der Waals surface area (Å²) in [5.41, 5.74) is -1.54. The number of piperazine rings is 1. The first kappa shape index (κ1) is 19.5. The molecule has 1 N–H and O–H groups in total. The summed E-state index contributed by atoms with van der Waals surface area (Å²) in [6, 6.07) is 0.719. The Morgan fingerprint density at radius 1 is 1.07 bits per heavy atom. The Labute approximate surface area is 157 Å². The molecule has 0 amide bonds. The molecule has 1 saturated heterocycles. The Bertz CT molecular complexity index is 865. The van der Waals surface area contributed by atoms with Crippen molar-refractivity contribution in [3.8, 4) is 0 Å². The van der Waals surface area contributed by atoms with Crippen LogP contribution in [0.4, 0.5) is 34.9 Å². The quantitative estimate of drug-likeness (QED) is 0.473. The molecule has 0 unspecified atom stereocenters. The first-order valence-corrected chi connectivity index (χ1v) is 8.30. The first-order chi connectivity index (χ1) is 13.4. The molecule has 1 aliphatic rings. The van der Waals surface area contributed by atoms with Crippen LogP contribution in [0.2, 0.25) is 0 Å². The molecule has 1 fully saturated rings. The van der Waals surface area contributed by atoms with Crippen molar-refractivity contribution >= 4 is 23.6 Å². The van der Waals surface area contributed by atoms with Crippen molar-refractivity contribution in [3.63, 3.8) is 0 Å². The summed E-state index contributed by atoms with van der Waals surface area (Å²) in [6.07, 6.45) is 2.76. The van der Waals surface area contributed by atoms with Gasteiger partial charge in [-0.3, -0.25) is 4.79 Å². The van der Waals surface area contributed by atoms with Gasteiger partial charge in [0.15, 0.2) is 23.1 Å². The van der Waals surface area contributed by atoms with Crippen LogP contribution in [0.3, 0.4) is 0 Å². The van der Waals surface area contributed by atoms with Gasteiger partial charge in [0.25, 0.3) is 0 Å². The van der Waals surface area contributed by atoms with Crippen molar-refractivity contribution < 1.29 is 22.4 Å². The zero-order valence-electron chi connectivity index (χ0n) is 14.5. The van der Waals surface area contributed by atoms with E-state index in [0.717, 1.165) is 12.3 Å². The van der Waals surface area contributed by atoms with Crippen LogP contribution in [-0.2, 0) is 11.0 Å². The number of anilines is 3. The second-order valence-electron chi connectivity index (χ2n) is 5.91. The number of nitrogens with one attached hydrogen (secondary N) is 1. The predicted octanol–water partition coefficient (Wildman–Crippen LogP) is 2.61. The van der Waals surface area contributed by atoms with Crippen LogP contribution in [0, 0.1) is 5.82 Å². The fourth-order valence-electron chi connectivity index (χ4n) is 2.74. The Hall–Kier alpha value is -3.24. The molecule has 11 heteroatoms. The lowest BCUT2D eigenvalue weighted by Crippen LogP contribution is -2.44. The number of carbonyl (C=O) groups is 1. The molecule has 2 aromatic rings. The molecule has 148 valence electrons. The topological polar surface area (TPSA) is 74.2 Å².